The fraction of sp³-hybridized carbons (Fsp3) is 0.640. The van der Waals surface area contributed by atoms with Crippen molar-refractivity contribution in [1.82, 2.24) is 0 Å². The molecule has 1 heterocycles. The molecule has 0 amide bonds. The molecular formula is C25H36O5. The smallest absolute Gasteiger partial charge is 0.303 e. The Bertz CT molecular complexity index is 673. The number of carboxylic acid groups (broad SMARTS) is 1. The number of carboxylic acids is 1. The lowest BCUT2D eigenvalue weighted by Gasteiger charge is -2.21. The lowest BCUT2D eigenvalue weighted by molar-refractivity contribution is -0.137. The van der Waals surface area contributed by atoms with E-state index in [4.69, 9.17) is 9.84 Å². The van der Waals surface area contributed by atoms with Gasteiger partial charge in [-0.1, -0.05) is 42.5 Å². The number of rotatable bonds is 10. The summed E-state index contributed by atoms with van der Waals surface area (Å²) in [6.45, 7) is 0.669. The molecule has 6 atom stereocenters. The Labute approximate surface area is 179 Å². The Morgan fingerprint density at radius 2 is 2.03 bits per heavy atom. The molecule has 3 rings (SSSR count). The van der Waals surface area contributed by atoms with Crippen LogP contribution in [-0.4, -0.2) is 46.2 Å². The van der Waals surface area contributed by atoms with E-state index in [0.29, 0.717) is 37.7 Å². The second-order valence-electron chi connectivity index (χ2n) is 8.99. The van der Waals surface area contributed by atoms with Crippen LogP contribution in [0.1, 0.15) is 56.9 Å². The predicted octanol–water partition coefficient (Wildman–Crippen LogP) is 3.97. The van der Waals surface area contributed by atoms with Gasteiger partial charge in [-0.2, -0.15) is 0 Å². The molecular weight excluding hydrogens is 380 g/mol. The third-order valence-electron chi connectivity index (χ3n) is 6.72. The van der Waals surface area contributed by atoms with Crippen LogP contribution in [0.3, 0.4) is 0 Å². The van der Waals surface area contributed by atoms with Crippen LogP contribution in [-0.2, 0) is 16.0 Å². The standard InChI is InChI=1S/C25H36O5/c26-20(14-12-18-6-2-1-3-7-18)9-5-10-21-22-15-13-19(8-4-11-25(28)29)17-30-24(22)16-23(21)27/h1-3,5-7,10,19-24,26-27H,4,8-9,11-17H2,(H,28,29)/b10-5+/t19-,20+,21+,22+,23+,24-/m0/s1. The van der Waals surface area contributed by atoms with Gasteiger partial charge in [-0.25, -0.2) is 0 Å². The van der Waals surface area contributed by atoms with E-state index >= 15 is 0 Å². The van der Waals surface area contributed by atoms with Crippen LogP contribution in [0.5, 0.6) is 0 Å². The first kappa shape index (κ1) is 23.0. The zero-order valence-corrected chi connectivity index (χ0v) is 17.7. The van der Waals surface area contributed by atoms with E-state index in [-0.39, 0.29) is 30.7 Å². The minimum atomic E-state index is -0.735. The van der Waals surface area contributed by atoms with Crippen molar-refractivity contribution < 1.29 is 24.9 Å². The van der Waals surface area contributed by atoms with Gasteiger partial charge in [-0.15, -0.1) is 0 Å². The van der Waals surface area contributed by atoms with Crippen LogP contribution in [0.15, 0.2) is 42.5 Å². The number of aryl methyl sites for hydroxylation is 1. The highest BCUT2D eigenvalue weighted by molar-refractivity contribution is 5.66. The maximum absolute atomic E-state index is 10.7. The van der Waals surface area contributed by atoms with E-state index in [0.717, 1.165) is 32.1 Å². The molecule has 166 valence electrons. The van der Waals surface area contributed by atoms with Crippen LogP contribution >= 0.6 is 0 Å². The topological polar surface area (TPSA) is 87.0 Å². The molecule has 1 saturated heterocycles. The normalized spacial score (nSPS) is 30.1. The molecule has 1 saturated carbocycles. The molecule has 0 bridgehead atoms. The third kappa shape index (κ3) is 6.93. The number of aliphatic carboxylic acids is 1. The van der Waals surface area contributed by atoms with Crippen molar-refractivity contribution in [2.75, 3.05) is 6.61 Å². The maximum atomic E-state index is 10.7. The molecule has 5 nitrogen and oxygen atoms in total. The highest BCUT2D eigenvalue weighted by atomic mass is 16.5. The first-order valence-corrected chi connectivity index (χ1v) is 11.4. The van der Waals surface area contributed by atoms with E-state index < -0.39 is 5.97 Å². The van der Waals surface area contributed by atoms with Gasteiger partial charge in [0.1, 0.15) is 0 Å². The Morgan fingerprint density at radius 1 is 1.23 bits per heavy atom. The predicted molar refractivity (Wildman–Crippen MR) is 116 cm³/mol. The monoisotopic (exact) mass is 416 g/mol. The minimum Gasteiger partial charge on any atom is -0.481 e. The van der Waals surface area contributed by atoms with Gasteiger partial charge in [-0.3, -0.25) is 4.79 Å². The van der Waals surface area contributed by atoms with Gasteiger partial charge in [0, 0.05) is 25.4 Å². The van der Waals surface area contributed by atoms with Gasteiger partial charge in [0.15, 0.2) is 0 Å². The summed E-state index contributed by atoms with van der Waals surface area (Å²) in [6.07, 6.45) is 10.2. The van der Waals surface area contributed by atoms with Crippen molar-refractivity contribution in [3.63, 3.8) is 0 Å². The quantitative estimate of drug-likeness (QED) is 0.502. The largest absolute Gasteiger partial charge is 0.481 e. The molecule has 2 aliphatic rings. The summed E-state index contributed by atoms with van der Waals surface area (Å²) >= 11 is 0. The molecule has 0 radical (unpaired) electrons. The molecule has 0 aromatic heterocycles. The molecule has 1 aliphatic carbocycles. The zero-order chi connectivity index (χ0) is 21.3. The molecule has 1 aliphatic heterocycles. The molecule has 2 fully saturated rings. The first-order valence-electron chi connectivity index (χ1n) is 11.4. The summed E-state index contributed by atoms with van der Waals surface area (Å²) in [4.78, 5) is 10.7. The van der Waals surface area contributed by atoms with Crippen molar-refractivity contribution in [2.45, 2.75) is 76.1 Å². The molecule has 3 N–H and O–H groups in total. The van der Waals surface area contributed by atoms with Crippen LogP contribution in [0.4, 0.5) is 0 Å². The van der Waals surface area contributed by atoms with E-state index in [1.165, 1.54) is 5.56 Å². The van der Waals surface area contributed by atoms with Crippen molar-refractivity contribution >= 4 is 5.97 Å². The Hall–Kier alpha value is -1.69. The second kappa shape index (κ2) is 11.6. The average molecular weight is 417 g/mol. The number of carbonyl (C=O) groups is 1. The van der Waals surface area contributed by atoms with E-state index in [1.807, 2.05) is 24.3 Å². The maximum Gasteiger partial charge on any atom is 0.303 e. The molecule has 30 heavy (non-hydrogen) atoms. The lowest BCUT2D eigenvalue weighted by Crippen LogP contribution is -2.21. The molecule has 5 heteroatoms. The first-order chi connectivity index (χ1) is 14.5. The van der Waals surface area contributed by atoms with Crippen LogP contribution < -0.4 is 0 Å². The third-order valence-corrected chi connectivity index (χ3v) is 6.72. The number of hydrogen-bond donors (Lipinski definition) is 3. The number of benzene rings is 1. The van der Waals surface area contributed by atoms with Crippen molar-refractivity contribution in [2.24, 2.45) is 17.8 Å². The number of aliphatic hydroxyl groups is 2. The molecule has 0 unspecified atom stereocenters. The van der Waals surface area contributed by atoms with Crippen molar-refractivity contribution in [1.29, 1.82) is 0 Å². The van der Waals surface area contributed by atoms with E-state index in [2.05, 4.69) is 18.2 Å². The van der Waals surface area contributed by atoms with Crippen LogP contribution in [0, 0.1) is 17.8 Å². The Balaban J connectivity index is 1.44. The highest BCUT2D eigenvalue weighted by Crippen LogP contribution is 2.42. The van der Waals surface area contributed by atoms with Gasteiger partial charge in [0.05, 0.1) is 18.3 Å². The number of fused-ring (bicyclic) bond motifs is 1. The summed E-state index contributed by atoms with van der Waals surface area (Å²) < 4.78 is 6.12. The summed E-state index contributed by atoms with van der Waals surface area (Å²) in [6, 6.07) is 10.2. The minimum absolute atomic E-state index is 0.0779. The van der Waals surface area contributed by atoms with Gasteiger partial charge in [0.25, 0.3) is 0 Å². The lowest BCUT2D eigenvalue weighted by atomic mass is 9.86. The number of aliphatic hydroxyl groups excluding tert-OH is 2. The van der Waals surface area contributed by atoms with Crippen LogP contribution in [0.2, 0.25) is 0 Å². The Kier molecular flexibility index (Phi) is 8.91. The average Bonchev–Trinajstić information content (AvgIpc) is 2.89. The van der Waals surface area contributed by atoms with Gasteiger partial charge < -0.3 is 20.1 Å². The van der Waals surface area contributed by atoms with Crippen molar-refractivity contribution in [3.05, 3.63) is 48.0 Å². The van der Waals surface area contributed by atoms with Gasteiger partial charge in [0.2, 0.25) is 0 Å². The summed E-state index contributed by atoms with van der Waals surface area (Å²) in [7, 11) is 0. The number of ether oxygens (including phenoxy) is 1. The second-order valence-corrected chi connectivity index (χ2v) is 8.99. The number of hydrogen-bond acceptors (Lipinski definition) is 4. The van der Waals surface area contributed by atoms with E-state index in [1.54, 1.807) is 0 Å². The Morgan fingerprint density at radius 3 is 2.80 bits per heavy atom. The fourth-order valence-electron chi connectivity index (χ4n) is 4.97. The SMILES string of the molecule is O=C(O)CCC[C@H]1CC[C@@H]2[C@@H](/C=C/C[C@@H](O)CCc3ccccc3)[C@H](O)C[C@@H]2OC1. The summed E-state index contributed by atoms with van der Waals surface area (Å²) in [5.74, 6) is 0.0634. The van der Waals surface area contributed by atoms with Crippen molar-refractivity contribution in [3.8, 4) is 0 Å². The summed E-state index contributed by atoms with van der Waals surface area (Å²) in [5, 5.41) is 29.7. The fourth-order valence-corrected chi connectivity index (χ4v) is 4.97. The highest BCUT2D eigenvalue weighted by Gasteiger charge is 2.43. The zero-order valence-electron chi connectivity index (χ0n) is 17.7. The molecule has 1 aromatic rings. The van der Waals surface area contributed by atoms with Gasteiger partial charge >= 0.3 is 5.97 Å². The molecule has 1 aromatic carbocycles. The van der Waals surface area contributed by atoms with Crippen LogP contribution in [0.25, 0.3) is 0 Å². The molecule has 0 spiro atoms. The van der Waals surface area contributed by atoms with E-state index in [9.17, 15) is 15.0 Å². The van der Waals surface area contributed by atoms with Gasteiger partial charge in [-0.05, 0) is 62.3 Å². The summed E-state index contributed by atoms with van der Waals surface area (Å²) in [5.41, 5.74) is 1.24.